The zero-order chi connectivity index (χ0) is 13.6. The minimum Gasteiger partial charge on any atom is -0.317 e. The molecule has 0 radical (unpaired) electrons. The van der Waals surface area contributed by atoms with Crippen LogP contribution in [0.2, 0.25) is 0 Å². The van der Waals surface area contributed by atoms with Crippen molar-refractivity contribution in [3.63, 3.8) is 0 Å². The van der Waals surface area contributed by atoms with Crippen LogP contribution in [0, 0.1) is 0 Å². The smallest absolute Gasteiger partial charge is 0.0104 e. The molecule has 1 heterocycles. The van der Waals surface area contributed by atoms with Gasteiger partial charge in [-0.2, -0.15) is 11.8 Å². The average Bonchev–Trinajstić information content (AvgIpc) is 2.47. The van der Waals surface area contributed by atoms with E-state index in [1.165, 1.54) is 37.2 Å². The normalized spacial score (nSPS) is 18.7. The molecule has 1 aromatic carbocycles. The summed E-state index contributed by atoms with van der Waals surface area (Å²) in [5.74, 6) is 1.22. The predicted molar refractivity (Wildman–Crippen MR) is 86.1 cm³/mol. The van der Waals surface area contributed by atoms with Gasteiger partial charge in [0.05, 0.1) is 0 Å². The van der Waals surface area contributed by atoms with Gasteiger partial charge in [-0.15, -0.1) is 0 Å². The third-order valence-electron chi connectivity index (χ3n) is 4.20. The number of rotatable bonds is 6. The summed E-state index contributed by atoms with van der Waals surface area (Å²) in [6.45, 7) is 4.65. The summed E-state index contributed by atoms with van der Waals surface area (Å²) in [6.07, 6.45) is 4.69. The summed E-state index contributed by atoms with van der Waals surface area (Å²) < 4.78 is 0. The second kappa shape index (κ2) is 7.32. The standard InChI is InChI=1S/C16H26N2S/c1-18(12-13-19-2)14-16(8-10-17-11-9-16)15-6-4-3-5-7-15/h3-7,17H,8-14H2,1-2H3. The molecular formula is C16H26N2S. The molecule has 0 aromatic heterocycles. The summed E-state index contributed by atoms with van der Waals surface area (Å²) in [7, 11) is 2.27. The second-order valence-electron chi connectivity index (χ2n) is 5.63. The molecule has 0 saturated carbocycles. The van der Waals surface area contributed by atoms with E-state index >= 15 is 0 Å². The number of thioether (sulfide) groups is 1. The molecule has 1 aromatic rings. The molecule has 3 heteroatoms. The number of nitrogens with zero attached hydrogens (tertiary/aromatic N) is 1. The van der Waals surface area contributed by atoms with Gasteiger partial charge in [-0.3, -0.25) is 0 Å². The Morgan fingerprint density at radius 1 is 1.21 bits per heavy atom. The lowest BCUT2D eigenvalue weighted by atomic mass is 9.73. The van der Waals surface area contributed by atoms with Crippen LogP contribution in [0.25, 0.3) is 0 Å². The maximum absolute atomic E-state index is 3.50. The van der Waals surface area contributed by atoms with E-state index in [0.717, 1.165) is 13.1 Å². The van der Waals surface area contributed by atoms with Gasteiger partial charge >= 0.3 is 0 Å². The van der Waals surface area contributed by atoms with Crippen LogP contribution in [0.1, 0.15) is 18.4 Å². The highest BCUT2D eigenvalue weighted by molar-refractivity contribution is 7.98. The summed E-state index contributed by atoms with van der Waals surface area (Å²) in [5, 5.41) is 3.50. The van der Waals surface area contributed by atoms with Gasteiger partial charge in [0.15, 0.2) is 0 Å². The van der Waals surface area contributed by atoms with Gasteiger partial charge < -0.3 is 10.2 Å². The molecule has 0 spiro atoms. The first-order valence-electron chi connectivity index (χ1n) is 7.21. The van der Waals surface area contributed by atoms with Crippen molar-refractivity contribution < 1.29 is 0 Å². The lowest BCUT2D eigenvalue weighted by Gasteiger charge is -2.41. The zero-order valence-electron chi connectivity index (χ0n) is 12.2. The molecule has 0 amide bonds. The first-order valence-corrected chi connectivity index (χ1v) is 8.60. The molecule has 0 atom stereocenters. The number of benzene rings is 1. The highest BCUT2D eigenvalue weighted by Gasteiger charge is 2.34. The van der Waals surface area contributed by atoms with Crippen molar-refractivity contribution in [2.75, 3.05) is 45.2 Å². The highest BCUT2D eigenvalue weighted by atomic mass is 32.2. The summed E-state index contributed by atoms with van der Waals surface area (Å²) in [4.78, 5) is 2.51. The maximum Gasteiger partial charge on any atom is 0.0104 e. The van der Waals surface area contributed by atoms with Gasteiger partial charge in [-0.05, 0) is 44.8 Å². The van der Waals surface area contributed by atoms with Crippen LogP contribution in [0.5, 0.6) is 0 Å². The van der Waals surface area contributed by atoms with E-state index in [9.17, 15) is 0 Å². The van der Waals surface area contributed by atoms with Crippen LogP contribution in [-0.4, -0.2) is 50.1 Å². The van der Waals surface area contributed by atoms with E-state index in [1.54, 1.807) is 0 Å². The number of piperidine rings is 1. The number of nitrogens with one attached hydrogen (secondary N) is 1. The van der Waals surface area contributed by atoms with Crippen LogP contribution < -0.4 is 5.32 Å². The van der Waals surface area contributed by atoms with Gasteiger partial charge in [0.25, 0.3) is 0 Å². The van der Waals surface area contributed by atoms with E-state index in [2.05, 4.69) is 53.9 Å². The minimum absolute atomic E-state index is 0.347. The number of hydrogen-bond acceptors (Lipinski definition) is 3. The fraction of sp³-hybridized carbons (Fsp3) is 0.625. The van der Waals surface area contributed by atoms with Gasteiger partial charge in [0.2, 0.25) is 0 Å². The molecular weight excluding hydrogens is 252 g/mol. The first kappa shape index (κ1) is 14.9. The van der Waals surface area contributed by atoms with Crippen molar-refractivity contribution in [3.8, 4) is 0 Å². The van der Waals surface area contributed by atoms with Crippen molar-refractivity contribution in [1.82, 2.24) is 10.2 Å². The molecule has 2 nitrogen and oxygen atoms in total. The van der Waals surface area contributed by atoms with E-state index in [-0.39, 0.29) is 0 Å². The van der Waals surface area contributed by atoms with Crippen molar-refractivity contribution in [3.05, 3.63) is 35.9 Å². The predicted octanol–water partition coefficient (Wildman–Crippen LogP) is 2.60. The Labute approximate surface area is 122 Å². The topological polar surface area (TPSA) is 15.3 Å². The second-order valence-corrected chi connectivity index (χ2v) is 6.61. The molecule has 19 heavy (non-hydrogen) atoms. The van der Waals surface area contributed by atoms with E-state index in [4.69, 9.17) is 0 Å². The SMILES string of the molecule is CSCCN(C)CC1(c2ccccc2)CCNCC1. The molecule has 0 aliphatic carbocycles. The van der Waals surface area contributed by atoms with Crippen LogP contribution in [-0.2, 0) is 5.41 Å². The third kappa shape index (κ3) is 3.98. The fourth-order valence-electron chi connectivity index (χ4n) is 3.08. The van der Waals surface area contributed by atoms with E-state index < -0.39 is 0 Å². The molecule has 1 N–H and O–H groups in total. The van der Waals surface area contributed by atoms with Crippen LogP contribution in [0.3, 0.4) is 0 Å². The van der Waals surface area contributed by atoms with Crippen LogP contribution >= 0.6 is 11.8 Å². The van der Waals surface area contributed by atoms with Crippen LogP contribution in [0.15, 0.2) is 30.3 Å². The third-order valence-corrected chi connectivity index (χ3v) is 4.79. The van der Waals surface area contributed by atoms with Crippen LogP contribution in [0.4, 0.5) is 0 Å². The van der Waals surface area contributed by atoms with Gasteiger partial charge in [0.1, 0.15) is 0 Å². The Hall–Kier alpha value is -0.510. The monoisotopic (exact) mass is 278 g/mol. The molecule has 1 aliphatic heterocycles. The number of likely N-dealkylation sites (N-methyl/N-ethyl adjacent to an activating group) is 1. The van der Waals surface area contributed by atoms with Crippen molar-refractivity contribution in [2.45, 2.75) is 18.3 Å². The molecule has 2 rings (SSSR count). The molecule has 1 fully saturated rings. The Balaban J connectivity index is 2.11. The lowest BCUT2D eigenvalue weighted by molar-refractivity contribution is 0.208. The highest BCUT2D eigenvalue weighted by Crippen LogP contribution is 2.34. The summed E-state index contributed by atoms with van der Waals surface area (Å²) in [5.41, 5.74) is 1.87. The van der Waals surface area contributed by atoms with E-state index in [0.29, 0.717) is 5.41 Å². The zero-order valence-corrected chi connectivity index (χ0v) is 13.0. The van der Waals surface area contributed by atoms with Crippen molar-refractivity contribution in [1.29, 1.82) is 0 Å². The summed E-state index contributed by atoms with van der Waals surface area (Å²) in [6, 6.07) is 11.1. The quantitative estimate of drug-likeness (QED) is 0.861. The molecule has 1 aliphatic rings. The molecule has 0 bridgehead atoms. The molecule has 0 unspecified atom stereocenters. The first-order chi connectivity index (χ1) is 9.27. The van der Waals surface area contributed by atoms with Gasteiger partial charge in [0, 0.05) is 24.3 Å². The largest absolute Gasteiger partial charge is 0.317 e. The molecule has 106 valence electrons. The Morgan fingerprint density at radius 3 is 2.53 bits per heavy atom. The molecule has 1 saturated heterocycles. The van der Waals surface area contributed by atoms with E-state index in [1.807, 2.05) is 11.8 Å². The Morgan fingerprint density at radius 2 is 1.89 bits per heavy atom. The average molecular weight is 278 g/mol. The minimum atomic E-state index is 0.347. The van der Waals surface area contributed by atoms with Crippen molar-refractivity contribution >= 4 is 11.8 Å². The Kier molecular flexibility index (Phi) is 5.74. The van der Waals surface area contributed by atoms with Gasteiger partial charge in [-0.1, -0.05) is 30.3 Å². The maximum atomic E-state index is 3.50. The summed E-state index contributed by atoms with van der Waals surface area (Å²) >= 11 is 1.93. The van der Waals surface area contributed by atoms with Gasteiger partial charge in [-0.25, -0.2) is 0 Å². The lowest BCUT2D eigenvalue weighted by Crippen LogP contribution is -2.47. The number of hydrogen-bond donors (Lipinski definition) is 1. The Bertz CT molecular complexity index is 360. The van der Waals surface area contributed by atoms with Crippen molar-refractivity contribution in [2.24, 2.45) is 0 Å². The fourth-order valence-corrected chi connectivity index (χ4v) is 3.57.